The molecular weight excluding hydrogens is 306 g/mol. The molecule has 1 aliphatic rings. The van der Waals surface area contributed by atoms with Gasteiger partial charge in [-0.25, -0.2) is 9.79 Å². The van der Waals surface area contributed by atoms with E-state index in [1.807, 2.05) is 31.2 Å². The number of hydrogen-bond acceptors (Lipinski definition) is 5. The molecule has 2 aromatic rings. The van der Waals surface area contributed by atoms with Gasteiger partial charge in [-0.1, -0.05) is 12.1 Å². The zero-order valence-electron chi connectivity index (χ0n) is 13.5. The Hall–Kier alpha value is -3.08. The van der Waals surface area contributed by atoms with Gasteiger partial charge in [0.25, 0.3) is 0 Å². The molecule has 24 heavy (non-hydrogen) atoms. The van der Waals surface area contributed by atoms with Gasteiger partial charge in [-0.15, -0.1) is 0 Å². The highest BCUT2D eigenvalue weighted by Crippen LogP contribution is 2.21. The van der Waals surface area contributed by atoms with Gasteiger partial charge in [0.05, 0.1) is 13.7 Å². The average Bonchev–Trinajstić information content (AvgIpc) is 2.98. The predicted octanol–water partition coefficient (Wildman–Crippen LogP) is 3.44. The summed E-state index contributed by atoms with van der Waals surface area (Å²) in [6.07, 6.45) is 1.69. The molecule has 5 nitrogen and oxygen atoms in total. The fourth-order valence-corrected chi connectivity index (χ4v) is 2.25. The Morgan fingerprint density at radius 3 is 2.33 bits per heavy atom. The molecule has 1 heterocycles. The normalized spacial score (nSPS) is 15.2. The Morgan fingerprint density at radius 1 is 1.04 bits per heavy atom. The number of rotatable bonds is 5. The quantitative estimate of drug-likeness (QED) is 0.625. The highest BCUT2D eigenvalue weighted by Gasteiger charge is 2.24. The molecule has 0 saturated carbocycles. The Labute approximate surface area is 140 Å². The van der Waals surface area contributed by atoms with Gasteiger partial charge >= 0.3 is 5.97 Å². The first kappa shape index (κ1) is 15.8. The van der Waals surface area contributed by atoms with Crippen molar-refractivity contribution in [3.8, 4) is 11.5 Å². The van der Waals surface area contributed by atoms with Crippen LogP contribution in [0.4, 0.5) is 0 Å². The second kappa shape index (κ2) is 7.00. The van der Waals surface area contributed by atoms with E-state index < -0.39 is 5.97 Å². The number of nitrogens with zero attached hydrogens (tertiary/aromatic N) is 1. The van der Waals surface area contributed by atoms with Crippen molar-refractivity contribution in [2.45, 2.75) is 6.92 Å². The van der Waals surface area contributed by atoms with E-state index in [0.29, 0.717) is 12.5 Å². The molecule has 0 bridgehead atoms. The molecule has 0 fully saturated rings. The molecule has 0 aliphatic carbocycles. The maximum atomic E-state index is 12.0. The van der Waals surface area contributed by atoms with Crippen molar-refractivity contribution >= 4 is 17.9 Å². The van der Waals surface area contributed by atoms with Crippen LogP contribution in [0.15, 0.2) is 59.2 Å². The Bertz CT molecular complexity index is 789. The van der Waals surface area contributed by atoms with E-state index in [0.717, 1.165) is 22.6 Å². The summed E-state index contributed by atoms with van der Waals surface area (Å²) in [6.45, 7) is 2.54. The zero-order chi connectivity index (χ0) is 16.9. The summed E-state index contributed by atoms with van der Waals surface area (Å²) < 4.78 is 15.8. The van der Waals surface area contributed by atoms with Gasteiger partial charge in [0, 0.05) is 5.56 Å². The molecule has 0 spiro atoms. The first-order chi connectivity index (χ1) is 11.7. The highest BCUT2D eigenvalue weighted by molar-refractivity contribution is 6.12. The van der Waals surface area contributed by atoms with Gasteiger partial charge in [-0.05, 0) is 55.0 Å². The summed E-state index contributed by atoms with van der Waals surface area (Å²) in [6, 6.07) is 14.6. The van der Waals surface area contributed by atoms with Crippen molar-refractivity contribution in [3.05, 3.63) is 65.4 Å². The first-order valence-electron chi connectivity index (χ1n) is 7.59. The minimum Gasteiger partial charge on any atom is -0.497 e. The van der Waals surface area contributed by atoms with Crippen LogP contribution in [0.5, 0.6) is 11.5 Å². The number of esters is 1. The lowest BCUT2D eigenvalue weighted by atomic mass is 10.2. The number of benzene rings is 2. The number of carbonyl (C=O) groups excluding carboxylic acids is 1. The van der Waals surface area contributed by atoms with Crippen LogP contribution in [0.1, 0.15) is 18.1 Å². The van der Waals surface area contributed by atoms with Crippen molar-refractivity contribution in [1.29, 1.82) is 0 Å². The fourth-order valence-electron chi connectivity index (χ4n) is 2.25. The maximum Gasteiger partial charge on any atom is 0.363 e. The van der Waals surface area contributed by atoms with Gasteiger partial charge in [0.2, 0.25) is 5.90 Å². The van der Waals surface area contributed by atoms with Crippen LogP contribution in [0.2, 0.25) is 0 Å². The van der Waals surface area contributed by atoms with E-state index in [1.54, 1.807) is 37.5 Å². The van der Waals surface area contributed by atoms with E-state index in [2.05, 4.69) is 4.99 Å². The average molecular weight is 323 g/mol. The SMILES string of the molecule is CCOc1ccc(C=C2N=C(c3ccc(OC)cc3)OC2=O)cc1. The minimum absolute atomic E-state index is 0.268. The van der Waals surface area contributed by atoms with Crippen LogP contribution in [0.25, 0.3) is 6.08 Å². The topological polar surface area (TPSA) is 57.1 Å². The van der Waals surface area contributed by atoms with E-state index in [9.17, 15) is 4.79 Å². The number of carbonyl (C=O) groups is 1. The molecule has 5 heteroatoms. The highest BCUT2D eigenvalue weighted by atomic mass is 16.6. The minimum atomic E-state index is -0.463. The lowest BCUT2D eigenvalue weighted by Crippen LogP contribution is -2.05. The molecule has 0 saturated heterocycles. The molecule has 0 unspecified atom stereocenters. The molecule has 0 amide bonds. The second-order valence-corrected chi connectivity index (χ2v) is 5.07. The van der Waals surface area contributed by atoms with Gasteiger partial charge in [-0.2, -0.15) is 0 Å². The van der Waals surface area contributed by atoms with E-state index in [1.165, 1.54) is 0 Å². The smallest absolute Gasteiger partial charge is 0.363 e. The maximum absolute atomic E-state index is 12.0. The molecule has 0 aromatic heterocycles. The molecular formula is C19H17NO4. The third-order valence-electron chi connectivity index (χ3n) is 3.45. The van der Waals surface area contributed by atoms with Crippen LogP contribution >= 0.6 is 0 Å². The monoisotopic (exact) mass is 323 g/mol. The summed E-state index contributed by atoms with van der Waals surface area (Å²) in [5, 5.41) is 0. The molecule has 0 radical (unpaired) electrons. The third kappa shape index (κ3) is 3.46. The molecule has 0 atom stereocenters. The van der Waals surface area contributed by atoms with Crippen LogP contribution in [0, 0.1) is 0 Å². The number of aliphatic imine (C=N–C) groups is 1. The Morgan fingerprint density at radius 2 is 1.71 bits per heavy atom. The van der Waals surface area contributed by atoms with Crippen molar-refractivity contribution in [2.75, 3.05) is 13.7 Å². The Balaban J connectivity index is 1.82. The Kier molecular flexibility index (Phi) is 4.61. The predicted molar refractivity (Wildman–Crippen MR) is 91.2 cm³/mol. The van der Waals surface area contributed by atoms with Crippen LogP contribution in [-0.2, 0) is 9.53 Å². The lowest BCUT2D eigenvalue weighted by molar-refractivity contribution is -0.129. The van der Waals surface area contributed by atoms with Crippen molar-refractivity contribution in [3.63, 3.8) is 0 Å². The molecule has 122 valence electrons. The summed E-state index contributed by atoms with van der Waals surface area (Å²) >= 11 is 0. The molecule has 1 aliphatic heterocycles. The summed E-state index contributed by atoms with van der Waals surface area (Å²) in [7, 11) is 1.60. The first-order valence-corrected chi connectivity index (χ1v) is 7.59. The molecule has 2 aromatic carbocycles. The number of cyclic esters (lactones) is 1. The van der Waals surface area contributed by atoms with Gasteiger partial charge in [-0.3, -0.25) is 0 Å². The summed E-state index contributed by atoms with van der Waals surface area (Å²) in [5.41, 5.74) is 1.84. The third-order valence-corrected chi connectivity index (χ3v) is 3.45. The van der Waals surface area contributed by atoms with Gasteiger partial charge in [0.1, 0.15) is 11.5 Å². The van der Waals surface area contributed by atoms with Gasteiger partial charge in [0.15, 0.2) is 5.70 Å². The van der Waals surface area contributed by atoms with Crippen LogP contribution in [-0.4, -0.2) is 25.6 Å². The molecule has 0 N–H and O–H groups in total. The van der Waals surface area contributed by atoms with Crippen molar-refractivity contribution < 1.29 is 19.0 Å². The van der Waals surface area contributed by atoms with Crippen LogP contribution < -0.4 is 9.47 Å². The van der Waals surface area contributed by atoms with Crippen LogP contribution in [0.3, 0.4) is 0 Å². The van der Waals surface area contributed by atoms with Crippen molar-refractivity contribution in [2.24, 2.45) is 4.99 Å². The van der Waals surface area contributed by atoms with E-state index in [-0.39, 0.29) is 5.70 Å². The van der Waals surface area contributed by atoms with Crippen molar-refractivity contribution in [1.82, 2.24) is 0 Å². The van der Waals surface area contributed by atoms with Gasteiger partial charge < -0.3 is 14.2 Å². The standard InChI is InChI=1S/C19H17NO4/c1-3-23-16-8-4-13(5-9-16)12-17-19(21)24-18(20-17)14-6-10-15(22-2)11-7-14/h4-12H,3H2,1-2H3. The van der Waals surface area contributed by atoms with E-state index >= 15 is 0 Å². The summed E-state index contributed by atoms with van der Waals surface area (Å²) in [4.78, 5) is 16.3. The number of ether oxygens (including phenoxy) is 3. The fraction of sp³-hybridized carbons (Fsp3) is 0.158. The largest absolute Gasteiger partial charge is 0.497 e. The number of hydrogen-bond donors (Lipinski definition) is 0. The second-order valence-electron chi connectivity index (χ2n) is 5.07. The van der Waals surface area contributed by atoms with E-state index in [4.69, 9.17) is 14.2 Å². The zero-order valence-corrected chi connectivity index (χ0v) is 13.5. The lowest BCUT2D eigenvalue weighted by Gasteiger charge is -2.02. The summed E-state index contributed by atoms with van der Waals surface area (Å²) in [5.74, 6) is 1.35. The molecule has 3 rings (SSSR count). The number of methoxy groups -OCH3 is 1.